The molecule has 0 bridgehead atoms. The summed E-state index contributed by atoms with van der Waals surface area (Å²) < 4.78 is 25.6. The van der Waals surface area contributed by atoms with Crippen molar-refractivity contribution in [3.05, 3.63) is 35.4 Å². The molecule has 0 spiro atoms. The van der Waals surface area contributed by atoms with E-state index in [9.17, 15) is 18.4 Å². The van der Waals surface area contributed by atoms with Crippen LogP contribution in [0.3, 0.4) is 0 Å². The monoisotopic (exact) mass is 257 g/mol. The minimum atomic E-state index is -1.05. The number of hydrogen-bond acceptors (Lipinski definition) is 2. The largest absolute Gasteiger partial charge is 0.481 e. The summed E-state index contributed by atoms with van der Waals surface area (Å²) in [6.07, 6.45) is -0.365. The highest BCUT2D eigenvalue weighted by molar-refractivity contribution is 5.80. The maximum Gasteiger partial charge on any atom is 0.303 e. The predicted octanol–water partition coefficient (Wildman–Crippen LogP) is 1.79. The maximum absolute atomic E-state index is 12.9. The number of amides is 1. The van der Waals surface area contributed by atoms with Crippen molar-refractivity contribution >= 4 is 11.9 Å². The van der Waals surface area contributed by atoms with Crippen LogP contribution in [-0.4, -0.2) is 28.9 Å². The summed E-state index contributed by atoms with van der Waals surface area (Å²) in [5, 5.41) is 8.44. The van der Waals surface area contributed by atoms with E-state index >= 15 is 0 Å². The summed E-state index contributed by atoms with van der Waals surface area (Å²) in [5.41, 5.74) is 0.445. The molecule has 0 heterocycles. The normalized spacial score (nSPS) is 10.2. The van der Waals surface area contributed by atoms with Gasteiger partial charge < -0.3 is 10.0 Å². The van der Waals surface area contributed by atoms with E-state index in [0.29, 0.717) is 5.56 Å². The van der Waals surface area contributed by atoms with Crippen molar-refractivity contribution in [2.75, 3.05) is 7.05 Å². The molecule has 0 saturated heterocycles. The van der Waals surface area contributed by atoms with Crippen molar-refractivity contribution in [1.29, 1.82) is 0 Å². The minimum absolute atomic E-state index is 0.107. The number of benzene rings is 1. The van der Waals surface area contributed by atoms with Gasteiger partial charge in [0.05, 0.1) is 6.42 Å². The molecule has 98 valence electrons. The van der Waals surface area contributed by atoms with Gasteiger partial charge in [0.2, 0.25) is 5.91 Å². The zero-order valence-electron chi connectivity index (χ0n) is 9.82. The van der Waals surface area contributed by atoms with Crippen molar-refractivity contribution in [2.45, 2.75) is 19.4 Å². The molecule has 0 aliphatic carbocycles. The predicted molar refractivity (Wildman–Crippen MR) is 59.7 cm³/mol. The fourth-order valence-electron chi connectivity index (χ4n) is 1.40. The molecule has 0 fully saturated rings. The quantitative estimate of drug-likeness (QED) is 0.874. The molecule has 0 radical (unpaired) electrons. The average molecular weight is 257 g/mol. The molecule has 0 saturated carbocycles. The Balaban J connectivity index is 2.58. The van der Waals surface area contributed by atoms with Crippen LogP contribution in [0.1, 0.15) is 18.4 Å². The lowest BCUT2D eigenvalue weighted by Gasteiger charge is -2.16. The molecule has 18 heavy (non-hydrogen) atoms. The van der Waals surface area contributed by atoms with E-state index in [0.717, 1.165) is 12.1 Å². The van der Waals surface area contributed by atoms with Crippen LogP contribution in [0.25, 0.3) is 0 Å². The molecule has 6 heteroatoms. The Morgan fingerprint density at radius 2 is 1.89 bits per heavy atom. The molecule has 0 unspecified atom stereocenters. The molecular formula is C12H13F2NO3. The van der Waals surface area contributed by atoms with Gasteiger partial charge >= 0.3 is 5.97 Å². The highest BCUT2D eigenvalue weighted by Gasteiger charge is 2.12. The first-order valence-electron chi connectivity index (χ1n) is 5.30. The second-order valence-corrected chi connectivity index (χ2v) is 3.89. The molecule has 1 amide bonds. The van der Waals surface area contributed by atoms with Crippen LogP contribution in [0.2, 0.25) is 0 Å². The zero-order valence-corrected chi connectivity index (χ0v) is 9.82. The van der Waals surface area contributed by atoms with Gasteiger partial charge in [0, 0.05) is 20.0 Å². The fraction of sp³-hybridized carbons (Fsp3) is 0.333. The third-order valence-corrected chi connectivity index (χ3v) is 2.38. The highest BCUT2D eigenvalue weighted by Crippen LogP contribution is 2.11. The number of carboxylic acid groups (broad SMARTS) is 1. The first-order valence-corrected chi connectivity index (χ1v) is 5.30. The lowest BCUT2D eigenvalue weighted by atomic mass is 10.2. The summed E-state index contributed by atoms with van der Waals surface area (Å²) >= 11 is 0. The Kier molecular flexibility index (Phi) is 4.76. The maximum atomic E-state index is 12.9. The molecule has 1 aromatic rings. The molecule has 4 nitrogen and oxygen atoms in total. The fourth-order valence-corrected chi connectivity index (χ4v) is 1.40. The first kappa shape index (κ1) is 14.1. The summed E-state index contributed by atoms with van der Waals surface area (Å²) in [6.45, 7) is 0.107. The molecule has 0 aliphatic heterocycles. The lowest BCUT2D eigenvalue weighted by molar-refractivity contribution is -0.140. The number of carboxylic acids is 1. The van der Waals surface area contributed by atoms with E-state index in [-0.39, 0.29) is 25.3 Å². The third-order valence-electron chi connectivity index (χ3n) is 2.38. The second kappa shape index (κ2) is 6.09. The zero-order chi connectivity index (χ0) is 13.7. The summed E-state index contributed by atoms with van der Waals surface area (Å²) in [4.78, 5) is 23.1. The molecule has 0 aliphatic rings. The molecule has 1 N–H and O–H groups in total. The van der Waals surface area contributed by atoms with Gasteiger partial charge in [-0.15, -0.1) is 0 Å². The van der Waals surface area contributed by atoms with Crippen LogP contribution in [0.5, 0.6) is 0 Å². The van der Waals surface area contributed by atoms with E-state index in [4.69, 9.17) is 5.11 Å². The Bertz CT molecular complexity index is 463. The topological polar surface area (TPSA) is 57.6 Å². The van der Waals surface area contributed by atoms with Crippen LogP contribution in [-0.2, 0) is 16.1 Å². The van der Waals surface area contributed by atoms with Gasteiger partial charge in [0.15, 0.2) is 11.6 Å². The summed E-state index contributed by atoms with van der Waals surface area (Å²) in [6, 6.07) is 3.37. The number of rotatable bonds is 5. The number of carbonyl (C=O) groups excluding carboxylic acids is 1. The first-order chi connectivity index (χ1) is 8.40. The summed E-state index contributed by atoms with van der Waals surface area (Å²) in [7, 11) is 1.48. The van der Waals surface area contributed by atoms with Crippen LogP contribution in [0, 0.1) is 11.6 Å². The Morgan fingerprint density at radius 1 is 1.22 bits per heavy atom. The van der Waals surface area contributed by atoms with E-state index in [2.05, 4.69) is 0 Å². The van der Waals surface area contributed by atoms with E-state index in [1.807, 2.05) is 0 Å². The van der Waals surface area contributed by atoms with Crippen molar-refractivity contribution < 1.29 is 23.5 Å². The Hall–Kier alpha value is -1.98. The highest BCUT2D eigenvalue weighted by atomic mass is 19.2. The van der Waals surface area contributed by atoms with Crippen molar-refractivity contribution in [1.82, 2.24) is 4.90 Å². The van der Waals surface area contributed by atoms with Crippen LogP contribution < -0.4 is 0 Å². The van der Waals surface area contributed by atoms with E-state index < -0.39 is 17.6 Å². The number of hydrogen-bond donors (Lipinski definition) is 1. The number of nitrogens with zero attached hydrogens (tertiary/aromatic N) is 1. The number of halogens is 2. The number of aliphatic carboxylic acids is 1. The van der Waals surface area contributed by atoms with Crippen molar-refractivity contribution in [3.8, 4) is 0 Å². The van der Waals surface area contributed by atoms with Gasteiger partial charge in [-0.25, -0.2) is 8.78 Å². The van der Waals surface area contributed by atoms with Gasteiger partial charge in [-0.2, -0.15) is 0 Å². The van der Waals surface area contributed by atoms with Gasteiger partial charge in [0.25, 0.3) is 0 Å². The van der Waals surface area contributed by atoms with Gasteiger partial charge in [-0.05, 0) is 17.7 Å². The Labute approximate surface area is 103 Å². The molecule has 0 atom stereocenters. The number of carbonyl (C=O) groups is 2. The van der Waals surface area contributed by atoms with Crippen LogP contribution >= 0.6 is 0 Å². The van der Waals surface area contributed by atoms with Gasteiger partial charge in [-0.3, -0.25) is 9.59 Å². The Morgan fingerprint density at radius 3 is 2.44 bits per heavy atom. The smallest absolute Gasteiger partial charge is 0.303 e. The van der Waals surface area contributed by atoms with Gasteiger partial charge in [-0.1, -0.05) is 6.07 Å². The molecular weight excluding hydrogens is 244 g/mol. The standard InChI is InChI=1S/C12H13F2NO3/c1-15(11(16)4-5-12(17)18)7-8-2-3-9(13)10(14)6-8/h2-3,6H,4-5,7H2,1H3,(H,17,18). The molecule has 0 aromatic heterocycles. The third kappa shape index (κ3) is 4.12. The SMILES string of the molecule is CN(Cc1ccc(F)c(F)c1)C(=O)CCC(=O)O. The average Bonchev–Trinajstić information content (AvgIpc) is 2.30. The molecule has 1 aromatic carbocycles. The minimum Gasteiger partial charge on any atom is -0.481 e. The van der Waals surface area contributed by atoms with Crippen LogP contribution in [0.4, 0.5) is 8.78 Å². The lowest BCUT2D eigenvalue weighted by Crippen LogP contribution is -2.26. The van der Waals surface area contributed by atoms with Crippen LogP contribution in [0.15, 0.2) is 18.2 Å². The summed E-state index contributed by atoms with van der Waals surface area (Å²) in [5.74, 6) is -3.33. The second-order valence-electron chi connectivity index (χ2n) is 3.89. The van der Waals surface area contributed by atoms with Crippen molar-refractivity contribution in [2.24, 2.45) is 0 Å². The van der Waals surface area contributed by atoms with E-state index in [1.54, 1.807) is 0 Å². The van der Waals surface area contributed by atoms with E-state index in [1.165, 1.54) is 18.0 Å². The van der Waals surface area contributed by atoms with Crippen molar-refractivity contribution in [3.63, 3.8) is 0 Å². The molecule has 1 rings (SSSR count). The van der Waals surface area contributed by atoms with Gasteiger partial charge in [0.1, 0.15) is 0 Å².